The smallest absolute Gasteiger partial charge is 0.137 e. The van der Waals surface area contributed by atoms with E-state index in [1.807, 2.05) is 6.20 Å². The molecule has 3 aromatic heterocycles. The fourth-order valence-electron chi connectivity index (χ4n) is 8.73. The van der Waals surface area contributed by atoms with E-state index >= 15 is 0 Å². The Morgan fingerprint density at radius 2 is 1.40 bits per heavy atom. The topological polar surface area (TPSA) is 44.9 Å². The molecule has 0 saturated carbocycles. The first-order valence-electron chi connectivity index (χ1n) is 19.4. The minimum atomic E-state index is -0.130. The van der Waals surface area contributed by atoms with E-state index in [2.05, 4.69) is 178 Å². The van der Waals surface area contributed by atoms with Gasteiger partial charge in [-0.2, -0.15) is 5.10 Å². The van der Waals surface area contributed by atoms with Crippen LogP contribution in [0.5, 0.6) is 11.5 Å². The number of pyridine rings is 1. The number of nitrogens with zero attached hydrogens (tertiary/aromatic N) is 4. The van der Waals surface area contributed by atoms with Crippen molar-refractivity contribution in [3.63, 3.8) is 0 Å². The molecule has 276 valence electrons. The zero-order chi connectivity index (χ0) is 38.2. The number of allylic oxidation sites excluding steroid dienone is 2. The Labute approximate surface area is 317 Å². The van der Waals surface area contributed by atoms with Crippen molar-refractivity contribution in [3.8, 4) is 23.0 Å². The van der Waals surface area contributed by atoms with Crippen LogP contribution in [0.15, 0.2) is 90.6 Å². The average Bonchev–Trinajstić information content (AvgIpc) is 3.58. The maximum absolute atomic E-state index is 6.89. The van der Waals surface area contributed by atoms with Gasteiger partial charge in [0.15, 0.2) is 0 Å². The predicted molar refractivity (Wildman–Crippen MR) is 222 cm³/mol. The van der Waals surface area contributed by atoms with Crippen LogP contribution in [0.3, 0.4) is 0 Å². The van der Waals surface area contributed by atoms with E-state index in [0.717, 1.165) is 39.7 Å². The van der Waals surface area contributed by atoms with Crippen molar-refractivity contribution < 1.29 is 4.74 Å². The van der Waals surface area contributed by atoms with E-state index in [1.54, 1.807) is 0 Å². The number of aromatic nitrogens is 4. The molecule has 1 aliphatic carbocycles. The molecule has 0 amide bonds. The highest BCUT2D eigenvalue weighted by atomic mass is 16.5. The zero-order valence-corrected chi connectivity index (χ0v) is 34.2. The minimum Gasteiger partial charge on any atom is -0.457 e. The molecule has 3 heterocycles. The second kappa shape index (κ2) is 13.0. The first-order chi connectivity index (χ1) is 24.8. The monoisotopic (exact) mass is 706 g/mol. The summed E-state index contributed by atoms with van der Waals surface area (Å²) in [6.45, 7) is 29.8. The maximum atomic E-state index is 6.89. The van der Waals surface area contributed by atoms with Crippen molar-refractivity contribution in [1.29, 1.82) is 0 Å². The molecule has 0 N–H and O–H groups in total. The lowest BCUT2D eigenvalue weighted by Gasteiger charge is -2.34. The third kappa shape index (κ3) is 6.84. The van der Waals surface area contributed by atoms with Gasteiger partial charge < -0.3 is 4.74 Å². The second-order valence-corrected chi connectivity index (χ2v) is 18.8. The van der Waals surface area contributed by atoms with Crippen molar-refractivity contribution >= 4 is 21.8 Å². The number of rotatable bonds is 5. The molecule has 0 saturated heterocycles. The van der Waals surface area contributed by atoms with Crippen molar-refractivity contribution in [2.24, 2.45) is 11.8 Å². The van der Waals surface area contributed by atoms with Gasteiger partial charge in [0.2, 0.25) is 0 Å². The number of para-hydroxylation sites is 1. The van der Waals surface area contributed by atoms with Gasteiger partial charge in [-0.3, -0.25) is 4.57 Å². The summed E-state index contributed by atoms with van der Waals surface area (Å²) in [4.78, 5) is 4.89. The molecule has 53 heavy (non-hydrogen) atoms. The Morgan fingerprint density at radius 3 is 2.08 bits per heavy atom. The molecule has 7 rings (SSSR count). The summed E-state index contributed by atoms with van der Waals surface area (Å²) in [5.41, 5.74) is 10.7. The number of fused-ring (bicyclic) bond motifs is 3. The number of ether oxygens (including phenoxy) is 1. The van der Waals surface area contributed by atoms with Gasteiger partial charge in [0.05, 0.1) is 28.1 Å². The van der Waals surface area contributed by atoms with E-state index in [-0.39, 0.29) is 16.2 Å². The summed E-state index contributed by atoms with van der Waals surface area (Å²) < 4.78 is 11.4. The first-order valence-corrected chi connectivity index (χ1v) is 19.4. The lowest BCUT2D eigenvalue weighted by atomic mass is 9.70. The Hall–Kier alpha value is -4.64. The van der Waals surface area contributed by atoms with Crippen LogP contribution in [0.1, 0.15) is 124 Å². The van der Waals surface area contributed by atoms with E-state index in [0.29, 0.717) is 17.8 Å². The standard InChI is InChI=1S/C48H58N4O/c1-29-22-30(2)43(31(3)23-29)44-32(4)50-52(45(44)48(11,12)13)35-24-34(47(8,9)10)25-37(27-35)53-36-18-19-39-38-16-14-15-17-40(38)51(41(39)28-36)42-26-33(20-21-49-42)46(5,6)7/h14-22,24-29,31,43H,23H2,1-13H3/t29-,31-,43-/m0/s1. The average molecular weight is 707 g/mol. The van der Waals surface area contributed by atoms with Crippen molar-refractivity contribution in [3.05, 3.63) is 119 Å². The van der Waals surface area contributed by atoms with Gasteiger partial charge in [-0.15, -0.1) is 0 Å². The first kappa shape index (κ1) is 36.7. The third-order valence-electron chi connectivity index (χ3n) is 11.2. The number of benzene rings is 3. The van der Waals surface area contributed by atoms with E-state index in [1.165, 1.54) is 45.2 Å². The van der Waals surface area contributed by atoms with Crippen molar-refractivity contribution in [1.82, 2.24) is 19.3 Å². The number of aryl methyl sites for hydroxylation is 1. The van der Waals surface area contributed by atoms with Crippen LogP contribution in [0, 0.1) is 18.8 Å². The molecule has 0 spiro atoms. The molecule has 0 aliphatic heterocycles. The summed E-state index contributed by atoms with van der Waals surface area (Å²) in [6, 6.07) is 26.1. The summed E-state index contributed by atoms with van der Waals surface area (Å²) in [6.07, 6.45) is 5.60. The summed E-state index contributed by atoms with van der Waals surface area (Å²) in [7, 11) is 0. The fraction of sp³-hybridized carbons (Fsp3) is 0.417. The van der Waals surface area contributed by atoms with Crippen LogP contribution in [0.2, 0.25) is 0 Å². The van der Waals surface area contributed by atoms with Crippen LogP contribution < -0.4 is 4.74 Å². The van der Waals surface area contributed by atoms with Gasteiger partial charge in [-0.1, -0.05) is 106 Å². The summed E-state index contributed by atoms with van der Waals surface area (Å²) in [5.74, 6) is 3.99. The van der Waals surface area contributed by atoms with Gasteiger partial charge >= 0.3 is 0 Å². The van der Waals surface area contributed by atoms with Crippen molar-refractivity contribution in [2.75, 3.05) is 0 Å². The number of hydrogen-bond acceptors (Lipinski definition) is 3. The molecular weight excluding hydrogens is 649 g/mol. The van der Waals surface area contributed by atoms with Crippen LogP contribution in [0.4, 0.5) is 0 Å². The van der Waals surface area contributed by atoms with E-state index in [9.17, 15) is 0 Å². The zero-order valence-electron chi connectivity index (χ0n) is 34.2. The minimum absolute atomic E-state index is 0.00396. The van der Waals surface area contributed by atoms with Crippen LogP contribution >= 0.6 is 0 Å². The fourth-order valence-corrected chi connectivity index (χ4v) is 8.73. The van der Waals surface area contributed by atoms with Gasteiger partial charge in [-0.25, -0.2) is 9.67 Å². The molecule has 1 aliphatic rings. The molecule has 3 atom stereocenters. The molecule has 0 bridgehead atoms. The van der Waals surface area contributed by atoms with Crippen LogP contribution in [-0.2, 0) is 16.2 Å². The van der Waals surface area contributed by atoms with E-state index in [4.69, 9.17) is 14.8 Å². The molecule has 5 heteroatoms. The normalized spacial score (nSPS) is 18.5. The van der Waals surface area contributed by atoms with E-state index < -0.39 is 0 Å². The van der Waals surface area contributed by atoms with Gasteiger partial charge in [0.1, 0.15) is 17.3 Å². The third-order valence-corrected chi connectivity index (χ3v) is 11.2. The molecule has 0 radical (unpaired) electrons. The van der Waals surface area contributed by atoms with Crippen LogP contribution in [-0.4, -0.2) is 19.3 Å². The van der Waals surface area contributed by atoms with Gasteiger partial charge in [0, 0.05) is 46.0 Å². The Bertz CT molecular complexity index is 2370. The van der Waals surface area contributed by atoms with Crippen LogP contribution in [0.25, 0.3) is 33.3 Å². The molecule has 0 fully saturated rings. The summed E-state index contributed by atoms with van der Waals surface area (Å²) >= 11 is 0. The Kier molecular flexibility index (Phi) is 9.03. The lowest BCUT2D eigenvalue weighted by molar-refractivity contribution is 0.385. The molecule has 0 unspecified atom stereocenters. The maximum Gasteiger partial charge on any atom is 0.137 e. The van der Waals surface area contributed by atoms with Gasteiger partial charge in [0.25, 0.3) is 0 Å². The molecule has 6 aromatic rings. The second-order valence-electron chi connectivity index (χ2n) is 18.8. The Morgan fingerprint density at radius 1 is 0.698 bits per heavy atom. The number of hydrogen-bond donors (Lipinski definition) is 0. The lowest BCUT2D eigenvalue weighted by Crippen LogP contribution is -2.25. The molecule has 5 nitrogen and oxygen atoms in total. The predicted octanol–water partition coefficient (Wildman–Crippen LogP) is 13.1. The summed E-state index contributed by atoms with van der Waals surface area (Å²) in [5, 5.41) is 7.71. The molecule has 3 aromatic carbocycles. The van der Waals surface area contributed by atoms with Gasteiger partial charge in [-0.05, 0) is 96.5 Å². The Balaban J connectivity index is 1.38. The highest BCUT2D eigenvalue weighted by Gasteiger charge is 2.36. The quantitative estimate of drug-likeness (QED) is 0.168. The molecular formula is C48H58N4O. The largest absolute Gasteiger partial charge is 0.457 e. The highest BCUT2D eigenvalue weighted by Crippen LogP contribution is 2.46. The highest BCUT2D eigenvalue weighted by molar-refractivity contribution is 6.09. The SMILES string of the molecule is CC1=C[C@H](C)C[C@H](C)[C@H]1c1c(C)nn(-c2cc(Oc3ccc4c5ccccc5n(-c5cc(C(C)(C)C)ccn5)c4c3)cc(C(C)(C)C)c2)c1C(C)(C)C. The van der Waals surface area contributed by atoms with Crippen molar-refractivity contribution in [2.45, 2.75) is 119 Å².